The highest BCUT2D eigenvalue weighted by molar-refractivity contribution is 5.78. The minimum atomic E-state index is 0.280. The van der Waals surface area contributed by atoms with Crippen LogP contribution in [0.5, 0.6) is 0 Å². The van der Waals surface area contributed by atoms with Gasteiger partial charge in [-0.15, -0.1) is 0 Å². The van der Waals surface area contributed by atoms with Crippen LogP contribution in [0.3, 0.4) is 0 Å². The molecule has 3 rings (SSSR count). The van der Waals surface area contributed by atoms with Crippen LogP contribution >= 0.6 is 0 Å². The lowest BCUT2D eigenvalue weighted by atomic mass is 10.1. The molecule has 122 valence electrons. The Kier molecular flexibility index (Phi) is 5.08. The number of nitrogens with one attached hydrogen (secondary N) is 1. The Labute approximate surface area is 137 Å². The van der Waals surface area contributed by atoms with Crippen molar-refractivity contribution in [2.75, 3.05) is 13.1 Å². The summed E-state index contributed by atoms with van der Waals surface area (Å²) in [5.74, 6) is 0.280. The van der Waals surface area contributed by atoms with Gasteiger partial charge in [0, 0.05) is 31.4 Å². The topological polar surface area (TPSA) is 50.2 Å². The number of hydrogen-bond acceptors (Lipinski definition) is 3. The zero-order valence-electron chi connectivity index (χ0n) is 13.6. The summed E-state index contributed by atoms with van der Waals surface area (Å²) in [5.41, 5.74) is 2.21. The molecule has 2 heterocycles. The van der Waals surface area contributed by atoms with Crippen molar-refractivity contribution in [2.24, 2.45) is 0 Å². The van der Waals surface area contributed by atoms with E-state index in [0.29, 0.717) is 19.0 Å². The van der Waals surface area contributed by atoms with Crippen molar-refractivity contribution in [1.82, 2.24) is 20.0 Å². The van der Waals surface area contributed by atoms with Gasteiger partial charge in [0.1, 0.15) is 0 Å². The summed E-state index contributed by atoms with van der Waals surface area (Å²) in [4.78, 5) is 14.2. The first kappa shape index (κ1) is 15.7. The average Bonchev–Trinajstić information content (AvgIpc) is 3.21. The van der Waals surface area contributed by atoms with Crippen molar-refractivity contribution in [3.63, 3.8) is 0 Å². The van der Waals surface area contributed by atoms with Crippen molar-refractivity contribution in [3.05, 3.63) is 48.3 Å². The maximum Gasteiger partial charge on any atom is 0.223 e. The molecule has 0 bridgehead atoms. The molecule has 1 aliphatic rings. The second-order valence-corrected chi connectivity index (χ2v) is 5.97. The lowest BCUT2D eigenvalue weighted by molar-refractivity contribution is -0.129. The fourth-order valence-electron chi connectivity index (χ4n) is 3.13. The summed E-state index contributed by atoms with van der Waals surface area (Å²) in [7, 11) is 0. The SMILES string of the molecule is CCNCC[C@@H]1CCC(=O)N1Cc1ccc(-n2cccn2)cc1. The first-order chi connectivity index (χ1) is 11.3. The van der Waals surface area contributed by atoms with E-state index in [1.807, 2.05) is 21.8 Å². The van der Waals surface area contributed by atoms with E-state index >= 15 is 0 Å². The second-order valence-electron chi connectivity index (χ2n) is 5.97. The van der Waals surface area contributed by atoms with Crippen molar-refractivity contribution in [1.29, 1.82) is 0 Å². The maximum absolute atomic E-state index is 12.2. The van der Waals surface area contributed by atoms with Crippen molar-refractivity contribution < 1.29 is 4.79 Å². The van der Waals surface area contributed by atoms with Crippen molar-refractivity contribution in [3.8, 4) is 5.69 Å². The van der Waals surface area contributed by atoms with E-state index in [0.717, 1.165) is 31.6 Å². The van der Waals surface area contributed by atoms with E-state index < -0.39 is 0 Å². The summed E-state index contributed by atoms with van der Waals surface area (Å²) in [6.07, 6.45) is 6.39. The highest BCUT2D eigenvalue weighted by atomic mass is 16.2. The van der Waals surface area contributed by atoms with Crippen LogP contribution in [0.4, 0.5) is 0 Å². The number of carbonyl (C=O) groups is 1. The molecule has 1 fully saturated rings. The quantitative estimate of drug-likeness (QED) is 0.799. The van der Waals surface area contributed by atoms with Crippen LogP contribution in [0.15, 0.2) is 42.7 Å². The number of rotatable bonds is 7. The minimum absolute atomic E-state index is 0.280. The van der Waals surface area contributed by atoms with Gasteiger partial charge in [-0.1, -0.05) is 19.1 Å². The van der Waals surface area contributed by atoms with E-state index in [1.54, 1.807) is 6.20 Å². The third kappa shape index (κ3) is 3.79. The van der Waals surface area contributed by atoms with Gasteiger partial charge < -0.3 is 10.2 Å². The summed E-state index contributed by atoms with van der Waals surface area (Å²) in [6, 6.07) is 10.6. The number of hydrogen-bond donors (Lipinski definition) is 1. The van der Waals surface area contributed by atoms with E-state index in [2.05, 4.69) is 41.6 Å². The van der Waals surface area contributed by atoms with Gasteiger partial charge in [0.25, 0.3) is 0 Å². The highest BCUT2D eigenvalue weighted by Gasteiger charge is 2.30. The third-order valence-corrected chi connectivity index (χ3v) is 4.42. The van der Waals surface area contributed by atoms with Gasteiger partial charge in [0.15, 0.2) is 0 Å². The van der Waals surface area contributed by atoms with Gasteiger partial charge in [0.2, 0.25) is 5.91 Å². The number of amides is 1. The molecule has 1 aromatic carbocycles. The van der Waals surface area contributed by atoms with Crippen LogP contribution < -0.4 is 5.32 Å². The Morgan fingerprint density at radius 2 is 2.13 bits per heavy atom. The average molecular weight is 312 g/mol. The van der Waals surface area contributed by atoms with Gasteiger partial charge in [-0.3, -0.25) is 4.79 Å². The Morgan fingerprint density at radius 1 is 1.30 bits per heavy atom. The molecule has 0 unspecified atom stereocenters. The molecule has 5 heteroatoms. The Balaban J connectivity index is 1.64. The fraction of sp³-hybridized carbons (Fsp3) is 0.444. The predicted molar refractivity (Wildman–Crippen MR) is 90.3 cm³/mol. The molecule has 1 atom stereocenters. The lowest BCUT2D eigenvalue weighted by Gasteiger charge is -2.25. The predicted octanol–water partition coefficient (Wildman–Crippen LogP) is 2.36. The first-order valence-electron chi connectivity index (χ1n) is 8.37. The molecule has 0 radical (unpaired) electrons. The van der Waals surface area contributed by atoms with E-state index in [1.165, 1.54) is 5.56 Å². The molecule has 2 aromatic rings. The number of carbonyl (C=O) groups excluding carboxylic acids is 1. The van der Waals surface area contributed by atoms with Gasteiger partial charge in [-0.25, -0.2) is 4.68 Å². The summed E-state index contributed by atoms with van der Waals surface area (Å²) < 4.78 is 1.84. The molecule has 1 aliphatic heterocycles. The molecule has 0 aliphatic carbocycles. The first-order valence-corrected chi connectivity index (χ1v) is 8.37. The zero-order valence-corrected chi connectivity index (χ0v) is 13.6. The number of aromatic nitrogens is 2. The van der Waals surface area contributed by atoms with Crippen LogP contribution in [0, 0.1) is 0 Å². The normalized spacial score (nSPS) is 17.9. The number of nitrogens with zero attached hydrogens (tertiary/aromatic N) is 3. The number of likely N-dealkylation sites (tertiary alicyclic amines) is 1. The molecule has 0 saturated carbocycles. The van der Waals surface area contributed by atoms with Gasteiger partial charge in [-0.05, 0) is 49.7 Å². The van der Waals surface area contributed by atoms with Gasteiger partial charge in [-0.2, -0.15) is 5.10 Å². The van der Waals surface area contributed by atoms with E-state index in [9.17, 15) is 4.79 Å². The molecule has 1 amide bonds. The van der Waals surface area contributed by atoms with Crippen molar-refractivity contribution in [2.45, 2.75) is 38.8 Å². The largest absolute Gasteiger partial charge is 0.335 e. The van der Waals surface area contributed by atoms with E-state index in [-0.39, 0.29) is 5.91 Å². The molecule has 1 N–H and O–H groups in total. The van der Waals surface area contributed by atoms with Gasteiger partial charge in [0.05, 0.1) is 5.69 Å². The van der Waals surface area contributed by atoms with Crippen LogP contribution in [0.25, 0.3) is 5.69 Å². The third-order valence-electron chi connectivity index (χ3n) is 4.42. The fourth-order valence-corrected chi connectivity index (χ4v) is 3.13. The van der Waals surface area contributed by atoms with E-state index in [4.69, 9.17) is 0 Å². The zero-order chi connectivity index (χ0) is 16.1. The lowest BCUT2D eigenvalue weighted by Crippen LogP contribution is -2.34. The van der Waals surface area contributed by atoms with Crippen molar-refractivity contribution >= 4 is 5.91 Å². The minimum Gasteiger partial charge on any atom is -0.335 e. The summed E-state index contributed by atoms with van der Waals surface area (Å²) in [5, 5.41) is 7.58. The Morgan fingerprint density at radius 3 is 2.83 bits per heavy atom. The standard InChI is InChI=1S/C18H24N4O/c1-2-19-12-10-16-8-9-18(23)21(16)14-15-4-6-17(7-5-15)22-13-3-11-20-22/h3-7,11,13,16,19H,2,8-10,12,14H2,1H3/t16-/m0/s1. The smallest absolute Gasteiger partial charge is 0.223 e. The van der Waals surface area contributed by atoms with Crippen LogP contribution in [-0.2, 0) is 11.3 Å². The van der Waals surface area contributed by atoms with Crippen LogP contribution in [-0.4, -0.2) is 39.7 Å². The summed E-state index contributed by atoms with van der Waals surface area (Å²) in [6.45, 7) is 4.77. The molecule has 1 aromatic heterocycles. The van der Waals surface area contributed by atoms with Crippen LogP contribution in [0.2, 0.25) is 0 Å². The molecule has 5 nitrogen and oxygen atoms in total. The molecule has 0 spiro atoms. The Hall–Kier alpha value is -2.14. The molecule has 23 heavy (non-hydrogen) atoms. The highest BCUT2D eigenvalue weighted by Crippen LogP contribution is 2.24. The summed E-state index contributed by atoms with van der Waals surface area (Å²) >= 11 is 0. The molecular formula is C18H24N4O. The van der Waals surface area contributed by atoms with Gasteiger partial charge >= 0.3 is 0 Å². The molecular weight excluding hydrogens is 288 g/mol. The second kappa shape index (κ2) is 7.42. The number of benzene rings is 1. The van der Waals surface area contributed by atoms with Crippen LogP contribution in [0.1, 0.15) is 31.7 Å². The maximum atomic E-state index is 12.2. The molecule has 1 saturated heterocycles. The Bertz CT molecular complexity index is 621. The monoisotopic (exact) mass is 312 g/mol.